The Morgan fingerprint density at radius 2 is 1.90 bits per heavy atom. The van der Waals surface area contributed by atoms with E-state index < -0.39 is 0 Å². The number of carbonyl (C=O) groups is 2. The Morgan fingerprint density at radius 1 is 1.19 bits per heavy atom. The summed E-state index contributed by atoms with van der Waals surface area (Å²) in [4.78, 5) is 28.5. The van der Waals surface area contributed by atoms with Gasteiger partial charge in [-0.2, -0.15) is 5.10 Å². The maximum absolute atomic E-state index is 12.6. The van der Waals surface area contributed by atoms with Crippen molar-refractivity contribution in [3.05, 3.63) is 52.3 Å². The molecule has 1 aliphatic carbocycles. The lowest BCUT2D eigenvalue weighted by molar-refractivity contribution is -0.138. The summed E-state index contributed by atoms with van der Waals surface area (Å²) in [5.41, 5.74) is 2.52. The Kier molecular flexibility index (Phi) is 6.32. The zero-order chi connectivity index (χ0) is 22.0. The molecule has 0 atom stereocenters. The molecule has 1 aromatic heterocycles. The van der Waals surface area contributed by atoms with E-state index in [1.54, 1.807) is 28.8 Å². The van der Waals surface area contributed by atoms with E-state index in [4.69, 9.17) is 16.3 Å². The third-order valence-corrected chi connectivity index (χ3v) is 6.20. The number of amides is 2. The van der Waals surface area contributed by atoms with Gasteiger partial charge in [-0.05, 0) is 43.5 Å². The highest BCUT2D eigenvalue weighted by atomic mass is 35.5. The minimum Gasteiger partial charge on any atom is -0.497 e. The molecule has 164 valence electrons. The fourth-order valence-electron chi connectivity index (χ4n) is 3.80. The molecule has 2 heterocycles. The van der Waals surface area contributed by atoms with Crippen LogP contribution in [0.5, 0.6) is 5.75 Å². The van der Waals surface area contributed by atoms with Crippen molar-refractivity contribution >= 4 is 29.5 Å². The van der Waals surface area contributed by atoms with Gasteiger partial charge in [-0.15, -0.1) is 0 Å². The highest BCUT2D eigenvalue weighted by molar-refractivity contribution is 6.31. The number of ether oxygens (including phenoxy) is 1. The minimum atomic E-state index is -0.0745. The average molecular weight is 443 g/mol. The van der Waals surface area contributed by atoms with Crippen LogP contribution < -0.4 is 4.74 Å². The number of benzene rings is 1. The van der Waals surface area contributed by atoms with Gasteiger partial charge in [0.15, 0.2) is 0 Å². The molecule has 2 aliphatic rings. The summed E-state index contributed by atoms with van der Waals surface area (Å²) in [5.74, 6) is 1.17. The predicted octanol–water partition coefficient (Wildman–Crippen LogP) is 3.00. The molecule has 0 radical (unpaired) electrons. The average Bonchev–Trinajstić information content (AvgIpc) is 3.60. The molecule has 1 aromatic carbocycles. The summed E-state index contributed by atoms with van der Waals surface area (Å²) in [5, 5.41) is 5.02. The molecule has 31 heavy (non-hydrogen) atoms. The molecule has 0 bridgehead atoms. The first kappa shape index (κ1) is 21.4. The number of rotatable bonds is 6. The van der Waals surface area contributed by atoms with Gasteiger partial charge >= 0.3 is 0 Å². The zero-order valence-electron chi connectivity index (χ0n) is 17.9. The molecule has 2 aromatic rings. The number of nitrogens with zero attached hydrogens (tertiary/aromatic N) is 4. The smallest absolute Gasteiger partial charge is 0.246 e. The summed E-state index contributed by atoms with van der Waals surface area (Å²) in [7, 11) is 1.63. The molecule has 8 heteroatoms. The van der Waals surface area contributed by atoms with Gasteiger partial charge in [0.1, 0.15) is 10.9 Å². The minimum absolute atomic E-state index is 0.0745. The molecule has 7 nitrogen and oxygen atoms in total. The van der Waals surface area contributed by atoms with Crippen LogP contribution in [0.2, 0.25) is 5.15 Å². The summed E-state index contributed by atoms with van der Waals surface area (Å²) in [6, 6.07) is 7.75. The van der Waals surface area contributed by atoms with Crippen molar-refractivity contribution in [3.63, 3.8) is 0 Å². The topological polar surface area (TPSA) is 67.7 Å². The summed E-state index contributed by atoms with van der Waals surface area (Å²) in [6.07, 6.45) is 5.29. The van der Waals surface area contributed by atoms with Crippen LogP contribution in [0.25, 0.3) is 6.08 Å². The van der Waals surface area contributed by atoms with Crippen molar-refractivity contribution in [2.45, 2.75) is 26.3 Å². The van der Waals surface area contributed by atoms with E-state index >= 15 is 0 Å². The Hall–Kier alpha value is -2.80. The number of hydrogen-bond acceptors (Lipinski definition) is 4. The van der Waals surface area contributed by atoms with Gasteiger partial charge in [0.2, 0.25) is 11.8 Å². The normalized spacial score (nSPS) is 16.7. The molecule has 0 N–H and O–H groups in total. The van der Waals surface area contributed by atoms with E-state index in [0.717, 1.165) is 35.4 Å². The summed E-state index contributed by atoms with van der Waals surface area (Å²) in [6.45, 7) is 4.71. The third-order valence-electron chi connectivity index (χ3n) is 5.80. The number of piperazine rings is 1. The fraction of sp³-hybridized carbons (Fsp3) is 0.435. The van der Waals surface area contributed by atoms with Gasteiger partial charge in [0.25, 0.3) is 0 Å². The molecular weight excluding hydrogens is 416 g/mol. The van der Waals surface area contributed by atoms with Crippen molar-refractivity contribution in [3.8, 4) is 5.75 Å². The van der Waals surface area contributed by atoms with Gasteiger partial charge in [-0.25, -0.2) is 4.68 Å². The molecule has 2 amide bonds. The van der Waals surface area contributed by atoms with Crippen LogP contribution in [0.4, 0.5) is 0 Å². The van der Waals surface area contributed by atoms with Crippen molar-refractivity contribution in [1.29, 1.82) is 0 Å². The second kappa shape index (κ2) is 9.14. The number of carbonyl (C=O) groups excluding carboxylic acids is 2. The van der Waals surface area contributed by atoms with E-state index in [-0.39, 0.29) is 17.7 Å². The molecular formula is C23H27ClN4O3. The molecule has 4 rings (SSSR count). The highest BCUT2D eigenvalue weighted by Gasteiger charge is 2.34. The first-order chi connectivity index (χ1) is 15.0. The van der Waals surface area contributed by atoms with Crippen molar-refractivity contribution in [2.24, 2.45) is 5.92 Å². The number of aromatic nitrogens is 2. The number of methoxy groups -OCH3 is 1. The fourth-order valence-corrected chi connectivity index (χ4v) is 4.10. The maximum atomic E-state index is 12.6. The quantitative estimate of drug-likeness (QED) is 0.645. The second-order valence-corrected chi connectivity index (χ2v) is 8.42. The first-order valence-electron chi connectivity index (χ1n) is 10.6. The van der Waals surface area contributed by atoms with Gasteiger partial charge in [-0.1, -0.05) is 23.7 Å². The van der Waals surface area contributed by atoms with E-state index in [9.17, 15) is 9.59 Å². The lowest BCUT2D eigenvalue weighted by Crippen LogP contribution is -2.50. The van der Waals surface area contributed by atoms with Gasteiger partial charge in [0.05, 0.1) is 19.3 Å². The lowest BCUT2D eigenvalue weighted by atomic mass is 10.2. The van der Waals surface area contributed by atoms with E-state index in [2.05, 4.69) is 5.10 Å². The maximum Gasteiger partial charge on any atom is 0.246 e. The van der Waals surface area contributed by atoms with Crippen molar-refractivity contribution in [1.82, 2.24) is 19.6 Å². The number of aryl methyl sites for hydroxylation is 1. The van der Waals surface area contributed by atoms with Crippen LogP contribution in [-0.2, 0) is 16.1 Å². The zero-order valence-corrected chi connectivity index (χ0v) is 18.6. The molecule has 0 spiro atoms. The largest absolute Gasteiger partial charge is 0.497 e. The van der Waals surface area contributed by atoms with E-state index in [1.165, 1.54) is 0 Å². The third kappa shape index (κ3) is 4.93. The van der Waals surface area contributed by atoms with Gasteiger partial charge < -0.3 is 14.5 Å². The van der Waals surface area contributed by atoms with Crippen LogP contribution in [0.15, 0.2) is 30.3 Å². The SMILES string of the molecule is COc1cccc(Cn2nc(C)c(C=CC(=O)N3CCN(C(=O)C4CC4)CC3)c2Cl)c1. The van der Waals surface area contributed by atoms with Crippen LogP contribution in [-0.4, -0.2) is 64.7 Å². The van der Waals surface area contributed by atoms with Gasteiger partial charge in [-0.3, -0.25) is 9.59 Å². The Bertz CT molecular complexity index is 1000. The second-order valence-electron chi connectivity index (χ2n) is 8.06. The Morgan fingerprint density at radius 3 is 2.58 bits per heavy atom. The van der Waals surface area contributed by atoms with Crippen LogP contribution in [0, 0.1) is 12.8 Å². The molecule has 1 aliphatic heterocycles. The summed E-state index contributed by atoms with van der Waals surface area (Å²) >= 11 is 6.56. The Balaban J connectivity index is 1.38. The van der Waals surface area contributed by atoms with Crippen LogP contribution in [0.3, 0.4) is 0 Å². The monoisotopic (exact) mass is 442 g/mol. The van der Waals surface area contributed by atoms with Crippen molar-refractivity contribution in [2.75, 3.05) is 33.3 Å². The number of halogens is 1. The first-order valence-corrected chi connectivity index (χ1v) is 11.0. The van der Waals surface area contributed by atoms with E-state index in [1.807, 2.05) is 36.1 Å². The summed E-state index contributed by atoms with van der Waals surface area (Å²) < 4.78 is 6.99. The van der Waals surface area contributed by atoms with Crippen LogP contribution in [0.1, 0.15) is 29.7 Å². The highest BCUT2D eigenvalue weighted by Crippen LogP contribution is 2.31. The molecule has 2 fully saturated rings. The lowest BCUT2D eigenvalue weighted by Gasteiger charge is -2.34. The van der Waals surface area contributed by atoms with E-state index in [0.29, 0.717) is 37.9 Å². The predicted molar refractivity (Wildman–Crippen MR) is 119 cm³/mol. The molecule has 0 unspecified atom stereocenters. The molecule has 1 saturated heterocycles. The molecule has 1 saturated carbocycles. The van der Waals surface area contributed by atoms with Crippen molar-refractivity contribution < 1.29 is 14.3 Å². The Labute approximate surface area is 187 Å². The van der Waals surface area contributed by atoms with Crippen LogP contribution >= 0.6 is 11.6 Å². The van der Waals surface area contributed by atoms with Gasteiger partial charge in [0, 0.05) is 43.7 Å². The number of hydrogen-bond donors (Lipinski definition) is 0. The standard InChI is InChI=1S/C23H27ClN4O3/c1-16-20(22(24)28(25-16)15-17-4-3-5-19(14-17)31-2)8-9-21(29)26-10-12-27(13-11-26)23(30)18-6-7-18/h3-5,8-9,14,18H,6-7,10-13,15H2,1-2H3.